The number of anilines is 2. The molecule has 2 fully saturated rings. The number of nitrogens with one attached hydrogen (secondary N) is 2. The summed E-state index contributed by atoms with van der Waals surface area (Å²) in [6.07, 6.45) is 4.05. The number of piperazine rings is 1. The average Bonchev–Trinajstić information content (AvgIpc) is 2.98. The third-order valence-corrected chi connectivity index (χ3v) is 7.72. The van der Waals surface area contributed by atoms with Gasteiger partial charge in [-0.1, -0.05) is 36.4 Å². The molecule has 38 heavy (non-hydrogen) atoms. The van der Waals surface area contributed by atoms with E-state index in [9.17, 15) is 0 Å². The van der Waals surface area contributed by atoms with E-state index in [0.29, 0.717) is 12.0 Å². The molecule has 3 aromatic carbocycles. The minimum Gasteiger partial charge on any atom is -0.497 e. The van der Waals surface area contributed by atoms with Crippen LogP contribution in [0.3, 0.4) is 0 Å². The summed E-state index contributed by atoms with van der Waals surface area (Å²) < 4.78 is 5.54. The zero-order chi connectivity index (χ0) is 25.7. The Kier molecular flexibility index (Phi) is 7.38. The van der Waals surface area contributed by atoms with Crippen LogP contribution in [0.2, 0.25) is 0 Å². The van der Waals surface area contributed by atoms with Crippen molar-refractivity contribution in [2.24, 2.45) is 0 Å². The lowest BCUT2D eigenvalue weighted by atomic mass is 10.0. The van der Waals surface area contributed by atoms with Gasteiger partial charge in [0.1, 0.15) is 5.75 Å². The van der Waals surface area contributed by atoms with Crippen molar-refractivity contribution in [3.05, 3.63) is 78.5 Å². The van der Waals surface area contributed by atoms with Crippen molar-refractivity contribution < 1.29 is 4.74 Å². The van der Waals surface area contributed by atoms with Crippen LogP contribution in [0.4, 0.5) is 11.6 Å². The van der Waals surface area contributed by atoms with Crippen LogP contribution < -0.4 is 20.3 Å². The lowest BCUT2D eigenvalue weighted by Gasteiger charge is -2.32. The molecule has 2 aliphatic heterocycles. The Hall–Kier alpha value is -3.68. The molecule has 0 saturated carbocycles. The molecule has 7 heteroatoms. The first-order chi connectivity index (χ1) is 18.7. The van der Waals surface area contributed by atoms with Crippen LogP contribution >= 0.6 is 0 Å². The largest absolute Gasteiger partial charge is 0.497 e. The highest BCUT2D eigenvalue weighted by Crippen LogP contribution is 2.35. The first-order valence-electron chi connectivity index (χ1n) is 13.7. The highest BCUT2D eigenvalue weighted by molar-refractivity contribution is 5.98. The minimum atomic E-state index is 0.387. The Morgan fingerprint density at radius 3 is 2.55 bits per heavy atom. The number of benzene rings is 3. The molecule has 0 amide bonds. The first kappa shape index (κ1) is 24.6. The predicted molar refractivity (Wildman–Crippen MR) is 155 cm³/mol. The fraction of sp³-hybridized carbons (Fsp3) is 0.355. The number of likely N-dealkylation sites (tertiary alicyclic amines) is 1. The maximum atomic E-state index is 5.54. The Morgan fingerprint density at radius 1 is 0.947 bits per heavy atom. The van der Waals surface area contributed by atoms with Crippen molar-refractivity contribution in [1.82, 2.24) is 20.2 Å². The number of fused-ring (bicyclic) bond motifs is 1. The van der Waals surface area contributed by atoms with E-state index in [1.807, 2.05) is 18.3 Å². The van der Waals surface area contributed by atoms with E-state index in [1.165, 1.54) is 22.0 Å². The maximum Gasteiger partial charge on any atom is 0.223 e. The third-order valence-electron chi connectivity index (χ3n) is 7.72. The van der Waals surface area contributed by atoms with Crippen molar-refractivity contribution in [3.8, 4) is 17.0 Å². The smallest absolute Gasteiger partial charge is 0.223 e. The maximum absolute atomic E-state index is 5.54. The van der Waals surface area contributed by atoms with Gasteiger partial charge in [0.2, 0.25) is 5.95 Å². The fourth-order valence-electron chi connectivity index (χ4n) is 5.61. The number of ether oxygens (including phenoxy) is 1. The molecule has 0 aliphatic carbocycles. The Labute approximate surface area is 224 Å². The molecule has 4 aromatic rings. The molecule has 2 saturated heterocycles. The molecule has 0 radical (unpaired) electrons. The molecule has 196 valence electrons. The Morgan fingerprint density at radius 2 is 1.76 bits per heavy atom. The van der Waals surface area contributed by atoms with Gasteiger partial charge in [0.05, 0.1) is 12.8 Å². The van der Waals surface area contributed by atoms with E-state index in [4.69, 9.17) is 9.72 Å². The lowest BCUT2D eigenvalue weighted by Crippen LogP contribution is -2.43. The lowest BCUT2D eigenvalue weighted by molar-refractivity contribution is 0.211. The van der Waals surface area contributed by atoms with E-state index < -0.39 is 0 Å². The Bertz CT molecular complexity index is 1360. The molecule has 3 heterocycles. The summed E-state index contributed by atoms with van der Waals surface area (Å²) in [5, 5.41) is 9.49. The van der Waals surface area contributed by atoms with Crippen LogP contribution in [0.25, 0.3) is 22.0 Å². The molecular formula is C31H36N6O. The minimum absolute atomic E-state index is 0.387. The highest BCUT2D eigenvalue weighted by atomic mass is 16.5. The number of hydrogen-bond acceptors (Lipinski definition) is 7. The van der Waals surface area contributed by atoms with Gasteiger partial charge in [-0.2, -0.15) is 0 Å². The van der Waals surface area contributed by atoms with Gasteiger partial charge in [0.25, 0.3) is 0 Å². The summed E-state index contributed by atoms with van der Waals surface area (Å²) in [6.45, 7) is 7.11. The van der Waals surface area contributed by atoms with Crippen LogP contribution in [0.5, 0.6) is 5.75 Å². The summed E-state index contributed by atoms with van der Waals surface area (Å²) in [7, 11) is 1.72. The van der Waals surface area contributed by atoms with Crippen molar-refractivity contribution >= 4 is 22.4 Å². The van der Waals surface area contributed by atoms with Gasteiger partial charge in [-0.15, -0.1) is 0 Å². The second-order valence-electron chi connectivity index (χ2n) is 10.3. The van der Waals surface area contributed by atoms with Gasteiger partial charge in [0, 0.05) is 74.7 Å². The van der Waals surface area contributed by atoms with Gasteiger partial charge in [-0.25, -0.2) is 9.97 Å². The topological polar surface area (TPSA) is 65.5 Å². The van der Waals surface area contributed by atoms with E-state index in [-0.39, 0.29) is 0 Å². The van der Waals surface area contributed by atoms with Crippen LogP contribution in [-0.2, 0) is 6.54 Å². The van der Waals surface area contributed by atoms with Crippen molar-refractivity contribution in [3.63, 3.8) is 0 Å². The van der Waals surface area contributed by atoms with Crippen LogP contribution in [0.1, 0.15) is 18.4 Å². The van der Waals surface area contributed by atoms with Gasteiger partial charge >= 0.3 is 0 Å². The second kappa shape index (κ2) is 11.4. The van der Waals surface area contributed by atoms with Gasteiger partial charge in [0.15, 0.2) is 0 Å². The standard InChI is InChI=1S/C31H36N6O/c1-38-27-8-7-24-19-25(20-30(28(24)21-27)37-17-13-32-14-18-37)29-9-12-33-31(35-29)34-26-10-15-36(16-11-26)22-23-5-3-2-4-6-23/h2-9,12,19-21,26,32H,10-11,13-18,22H2,1H3,(H,33,34,35). The van der Waals surface area contributed by atoms with Crippen LogP contribution in [0.15, 0.2) is 72.9 Å². The average molecular weight is 509 g/mol. The molecular weight excluding hydrogens is 472 g/mol. The number of methoxy groups -OCH3 is 1. The summed E-state index contributed by atoms with van der Waals surface area (Å²) >= 11 is 0. The number of nitrogens with zero attached hydrogens (tertiary/aromatic N) is 4. The van der Waals surface area contributed by atoms with Crippen LogP contribution in [0, 0.1) is 0 Å². The van der Waals surface area contributed by atoms with Crippen molar-refractivity contribution in [1.29, 1.82) is 0 Å². The molecule has 7 nitrogen and oxygen atoms in total. The fourth-order valence-corrected chi connectivity index (χ4v) is 5.61. The monoisotopic (exact) mass is 508 g/mol. The van der Waals surface area contributed by atoms with Gasteiger partial charge in [-0.3, -0.25) is 4.90 Å². The van der Waals surface area contributed by atoms with E-state index in [0.717, 1.165) is 75.7 Å². The first-order valence-corrected chi connectivity index (χ1v) is 13.7. The zero-order valence-electron chi connectivity index (χ0n) is 22.1. The molecule has 2 N–H and O–H groups in total. The van der Waals surface area contributed by atoms with Crippen LogP contribution in [-0.4, -0.2) is 67.3 Å². The normalized spacial score (nSPS) is 17.0. The Balaban J connectivity index is 1.20. The van der Waals surface area contributed by atoms with Gasteiger partial charge < -0.3 is 20.3 Å². The molecule has 0 unspecified atom stereocenters. The second-order valence-corrected chi connectivity index (χ2v) is 10.3. The summed E-state index contributed by atoms with van der Waals surface area (Å²) in [5.41, 5.74) is 4.67. The van der Waals surface area contributed by atoms with E-state index >= 15 is 0 Å². The number of hydrogen-bond donors (Lipinski definition) is 2. The van der Waals surface area contributed by atoms with E-state index in [2.05, 4.69) is 80.0 Å². The van der Waals surface area contributed by atoms with E-state index in [1.54, 1.807) is 7.11 Å². The summed E-state index contributed by atoms with van der Waals surface area (Å²) in [4.78, 5) is 14.5. The molecule has 0 spiro atoms. The molecule has 1 aromatic heterocycles. The highest BCUT2D eigenvalue weighted by Gasteiger charge is 2.21. The predicted octanol–water partition coefficient (Wildman–Crippen LogP) is 4.79. The van der Waals surface area contributed by atoms with Gasteiger partial charge in [-0.05, 0) is 54.1 Å². The number of piperidine rings is 1. The molecule has 0 bridgehead atoms. The third kappa shape index (κ3) is 5.59. The summed E-state index contributed by atoms with van der Waals surface area (Å²) in [6, 6.07) is 24.0. The van der Waals surface area contributed by atoms with Crippen molar-refractivity contribution in [2.45, 2.75) is 25.4 Å². The SMILES string of the molecule is COc1ccc2cc(-c3ccnc(NC4CCN(Cc5ccccc5)CC4)n3)cc(N3CCNCC3)c2c1. The van der Waals surface area contributed by atoms with Crippen molar-refractivity contribution in [2.75, 3.05) is 56.6 Å². The zero-order valence-corrected chi connectivity index (χ0v) is 22.1. The molecule has 6 rings (SSSR count). The summed E-state index contributed by atoms with van der Waals surface area (Å²) in [5.74, 6) is 1.59. The molecule has 2 aliphatic rings. The molecule has 0 atom stereocenters. The number of aromatic nitrogens is 2. The quantitative estimate of drug-likeness (QED) is 0.372. The number of rotatable bonds is 7.